The summed E-state index contributed by atoms with van der Waals surface area (Å²) in [4.78, 5) is 11.7. The van der Waals surface area contributed by atoms with E-state index < -0.39 is 11.7 Å². The van der Waals surface area contributed by atoms with Gasteiger partial charge in [-0.2, -0.15) is 13.2 Å². The zero-order chi connectivity index (χ0) is 17.7. The van der Waals surface area contributed by atoms with E-state index in [9.17, 15) is 18.0 Å². The van der Waals surface area contributed by atoms with Crippen LogP contribution in [0.2, 0.25) is 0 Å². The lowest BCUT2D eigenvalue weighted by atomic mass is 9.96. The van der Waals surface area contributed by atoms with E-state index in [0.29, 0.717) is 22.4 Å². The Kier molecular flexibility index (Phi) is 5.28. The molecule has 2 rings (SSSR count). The first-order valence-corrected chi connectivity index (χ1v) is 7.10. The fourth-order valence-corrected chi connectivity index (χ4v) is 2.15. The minimum absolute atomic E-state index is 0.347. The normalized spacial score (nSPS) is 12.0. The Hall–Kier alpha value is -2.76. The highest BCUT2D eigenvalue weighted by atomic mass is 19.4. The fraction of sp³-hybridized carbons (Fsp3) is 0.167. The van der Waals surface area contributed by atoms with Crippen LogP contribution < -0.4 is 10.1 Å². The van der Waals surface area contributed by atoms with E-state index in [0.717, 1.165) is 12.1 Å². The second-order valence-electron chi connectivity index (χ2n) is 4.98. The Balaban J connectivity index is 2.46. The standard InChI is InChI=1S/C18H16F3NO2/c1-22-17(23)11-16(13-5-9-15(24-2)10-6-13)12-3-7-14(8-4-12)18(19,20)21/h3-11H,1-2H3,(H,22,23)/b16-11-. The van der Waals surface area contributed by atoms with Crippen LogP contribution in [0.1, 0.15) is 16.7 Å². The Morgan fingerprint density at radius 3 is 1.92 bits per heavy atom. The number of hydrogen-bond acceptors (Lipinski definition) is 2. The van der Waals surface area contributed by atoms with Gasteiger partial charge in [0, 0.05) is 13.1 Å². The maximum atomic E-state index is 12.7. The molecular weight excluding hydrogens is 319 g/mol. The number of methoxy groups -OCH3 is 1. The molecule has 126 valence electrons. The Labute approximate surface area is 137 Å². The number of halogens is 3. The molecule has 0 fully saturated rings. The van der Waals surface area contributed by atoms with Crippen LogP contribution in [0.5, 0.6) is 5.75 Å². The third-order valence-electron chi connectivity index (χ3n) is 3.45. The van der Waals surface area contributed by atoms with Crippen LogP contribution >= 0.6 is 0 Å². The smallest absolute Gasteiger partial charge is 0.416 e. The van der Waals surface area contributed by atoms with E-state index >= 15 is 0 Å². The molecule has 0 aliphatic rings. The molecular formula is C18H16F3NO2. The van der Waals surface area contributed by atoms with Gasteiger partial charge in [-0.3, -0.25) is 4.79 Å². The van der Waals surface area contributed by atoms with Crippen LogP contribution in [0.3, 0.4) is 0 Å². The molecule has 0 spiro atoms. The quantitative estimate of drug-likeness (QED) is 0.861. The molecule has 0 atom stereocenters. The number of carbonyl (C=O) groups is 1. The minimum atomic E-state index is -4.40. The van der Waals surface area contributed by atoms with Gasteiger partial charge in [0.1, 0.15) is 5.75 Å². The number of amides is 1. The van der Waals surface area contributed by atoms with Crippen LogP contribution in [-0.4, -0.2) is 20.1 Å². The van der Waals surface area contributed by atoms with Crippen molar-refractivity contribution in [2.24, 2.45) is 0 Å². The lowest BCUT2D eigenvalue weighted by molar-refractivity contribution is -0.137. The van der Waals surface area contributed by atoms with Crippen molar-refractivity contribution in [1.82, 2.24) is 5.32 Å². The Morgan fingerprint density at radius 1 is 1.00 bits per heavy atom. The monoisotopic (exact) mass is 335 g/mol. The second-order valence-corrected chi connectivity index (χ2v) is 4.98. The molecule has 0 aromatic heterocycles. The number of ether oxygens (including phenoxy) is 1. The van der Waals surface area contributed by atoms with Crippen molar-refractivity contribution in [3.8, 4) is 5.75 Å². The van der Waals surface area contributed by atoms with Gasteiger partial charge < -0.3 is 10.1 Å². The summed E-state index contributed by atoms with van der Waals surface area (Å²) < 4.78 is 43.2. The van der Waals surface area contributed by atoms with Gasteiger partial charge in [-0.25, -0.2) is 0 Å². The topological polar surface area (TPSA) is 38.3 Å². The summed E-state index contributed by atoms with van der Waals surface area (Å²) in [6.45, 7) is 0. The predicted octanol–water partition coefficient (Wildman–Crippen LogP) is 3.89. The van der Waals surface area contributed by atoms with E-state index in [1.807, 2.05) is 0 Å². The largest absolute Gasteiger partial charge is 0.497 e. The predicted molar refractivity (Wildman–Crippen MR) is 85.6 cm³/mol. The summed E-state index contributed by atoms with van der Waals surface area (Å²) >= 11 is 0. The van der Waals surface area contributed by atoms with Gasteiger partial charge in [0.2, 0.25) is 5.91 Å². The molecule has 2 aromatic carbocycles. The zero-order valence-electron chi connectivity index (χ0n) is 13.1. The first-order chi connectivity index (χ1) is 11.3. The van der Waals surface area contributed by atoms with Gasteiger partial charge in [0.05, 0.1) is 12.7 Å². The summed E-state index contributed by atoms with van der Waals surface area (Å²) in [7, 11) is 3.02. The first kappa shape index (κ1) is 17.6. The number of benzene rings is 2. The molecule has 0 radical (unpaired) electrons. The summed E-state index contributed by atoms with van der Waals surface area (Å²) in [5.74, 6) is 0.297. The second kappa shape index (κ2) is 7.21. The zero-order valence-corrected chi connectivity index (χ0v) is 13.1. The van der Waals surface area contributed by atoms with Crippen molar-refractivity contribution < 1.29 is 22.7 Å². The molecule has 0 aliphatic heterocycles. The summed E-state index contributed by atoms with van der Waals surface area (Å²) in [6, 6.07) is 11.6. The van der Waals surface area contributed by atoms with Crippen molar-refractivity contribution in [1.29, 1.82) is 0 Å². The maximum absolute atomic E-state index is 12.7. The molecule has 0 aliphatic carbocycles. The van der Waals surface area contributed by atoms with E-state index in [4.69, 9.17) is 4.74 Å². The highest BCUT2D eigenvalue weighted by Gasteiger charge is 2.30. The number of alkyl halides is 3. The van der Waals surface area contributed by atoms with Gasteiger partial charge in [-0.15, -0.1) is 0 Å². The van der Waals surface area contributed by atoms with Gasteiger partial charge >= 0.3 is 6.18 Å². The number of rotatable bonds is 4. The minimum Gasteiger partial charge on any atom is -0.497 e. The number of likely N-dealkylation sites (N-methyl/N-ethyl adjacent to an activating group) is 1. The Bertz CT molecular complexity index is 732. The van der Waals surface area contributed by atoms with Crippen LogP contribution in [0.4, 0.5) is 13.2 Å². The highest BCUT2D eigenvalue weighted by molar-refractivity contribution is 5.99. The maximum Gasteiger partial charge on any atom is 0.416 e. The molecule has 0 bridgehead atoms. The molecule has 0 heterocycles. The van der Waals surface area contributed by atoms with Crippen molar-refractivity contribution in [2.75, 3.05) is 14.2 Å². The van der Waals surface area contributed by atoms with E-state index in [2.05, 4.69) is 5.32 Å². The molecule has 0 saturated carbocycles. The van der Waals surface area contributed by atoms with Gasteiger partial charge in [-0.05, 0) is 41.0 Å². The molecule has 0 saturated heterocycles. The van der Waals surface area contributed by atoms with Gasteiger partial charge in [0.25, 0.3) is 0 Å². The molecule has 6 heteroatoms. The van der Waals surface area contributed by atoms with E-state index in [1.165, 1.54) is 32.4 Å². The third-order valence-corrected chi connectivity index (χ3v) is 3.45. The van der Waals surface area contributed by atoms with Crippen LogP contribution in [0.25, 0.3) is 5.57 Å². The number of carbonyl (C=O) groups excluding carboxylic acids is 1. The molecule has 2 aromatic rings. The van der Waals surface area contributed by atoms with Crippen LogP contribution in [0, 0.1) is 0 Å². The average molecular weight is 335 g/mol. The Morgan fingerprint density at radius 2 is 1.50 bits per heavy atom. The van der Waals surface area contributed by atoms with Crippen molar-refractivity contribution in [3.05, 3.63) is 71.3 Å². The van der Waals surface area contributed by atoms with Crippen molar-refractivity contribution in [3.63, 3.8) is 0 Å². The molecule has 1 N–H and O–H groups in total. The molecule has 0 unspecified atom stereocenters. The summed E-state index contributed by atoms with van der Waals surface area (Å²) in [5, 5.41) is 2.47. The average Bonchev–Trinajstić information content (AvgIpc) is 2.59. The molecule has 1 amide bonds. The summed E-state index contributed by atoms with van der Waals surface area (Å²) in [6.07, 6.45) is -3.05. The van der Waals surface area contributed by atoms with E-state index in [-0.39, 0.29) is 5.91 Å². The molecule has 24 heavy (non-hydrogen) atoms. The van der Waals surface area contributed by atoms with Crippen LogP contribution in [0.15, 0.2) is 54.6 Å². The van der Waals surface area contributed by atoms with Gasteiger partial charge in [-0.1, -0.05) is 24.3 Å². The molecule has 3 nitrogen and oxygen atoms in total. The van der Waals surface area contributed by atoms with Crippen molar-refractivity contribution >= 4 is 11.5 Å². The number of nitrogens with one attached hydrogen (secondary N) is 1. The lowest BCUT2D eigenvalue weighted by Crippen LogP contribution is -2.15. The fourth-order valence-electron chi connectivity index (χ4n) is 2.15. The van der Waals surface area contributed by atoms with Gasteiger partial charge in [0.15, 0.2) is 0 Å². The SMILES string of the molecule is CNC(=O)/C=C(\c1ccc(OC)cc1)c1ccc(C(F)(F)F)cc1. The third kappa shape index (κ3) is 4.16. The lowest BCUT2D eigenvalue weighted by Gasteiger charge is -2.11. The summed E-state index contributed by atoms with van der Waals surface area (Å²) in [5.41, 5.74) is 0.988. The van der Waals surface area contributed by atoms with E-state index in [1.54, 1.807) is 24.3 Å². The van der Waals surface area contributed by atoms with Crippen molar-refractivity contribution in [2.45, 2.75) is 6.18 Å². The highest BCUT2D eigenvalue weighted by Crippen LogP contribution is 2.31. The number of hydrogen-bond donors (Lipinski definition) is 1. The first-order valence-electron chi connectivity index (χ1n) is 7.10. The van der Waals surface area contributed by atoms with Crippen LogP contribution in [-0.2, 0) is 11.0 Å².